The zero-order chi connectivity index (χ0) is 12.3. The number of hydrogen-bond donors (Lipinski definition) is 2. The number of aliphatic carboxylic acids is 1. The Bertz CT molecular complexity index is 507. The number of carboxylic acids is 1. The van der Waals surface area contributed by atoms with Crippen LogP contribution in [0.2, 0.25) is 0 Å². The van der Waals surface area contributed by atoms with Crippen molar-refractivity contribution in [2.45, 2.75) is 9.79 Å². The molecule has 0 aromatic heterocycles. The van der Waals surface area contributed by atoms with Gasteiger partial charge < -0.3 is 10.2 Å². The standard InChI is InChI=1S/C9H10O5S2/c1-16(13,14)8-3-2-6(4-7(8)10)15-5-9(11)12/h2-4,10H,5H2,1H3,(H,11,12). The van der Waals surface area contributed by atoms with E-state index in [4.69, 9.17) is 5.11 Å². The van der Waals surface area contributed by atoms with Gasteiger partial charge in [-0.15, -0.1) is 11.8 Å². The summed E-state index contributed by atoms with van der Waals surface area (Å²) in [6, 6.07) is 3.96. The second-order valence-corrected chi connectivity index (χ2v) is 6.12. The van der Waals surface area contributed by atoms with Gasteiger partial charge in [0.15, 0.2) is 9.84 Å². The van der Waals surface area contributed by atoms with Crippen LogP contribution in [-0.2, 0) is 14.6 Å². The molecule has 0 saturated heterocycles. The van der Waals surface area contributed by atoms with Gasteiger partial charge in [0.25, 0.3) is 0 Å². The maximum absolute atomic E-state index is 11.2. The van der Waals surface area contributed by atoms with Crippen molar-refractivity contribution in [2.24, 2.45) is 0 Å². The topological polar surface area (TPSA) is 91.7 Å². The third kappa shape index (κ3) is 3.42. The molecule has 7 heteroatoms. The van der Waals surface area contributed by atoms with E-state index in [9.17, 15) is 18.3 Å². The molecule has 0 saturated carbocycles. The number of carbonyl (C=O) groups is 1. The van der Waals surface area contributed by atoms with Crippen molar-refractivity contribution in [3.8, 4) is 5.75 Å². The molecule has 16 heavy (non-hydrogen) atoms. The summed E-state index contributed by atoms with van der Waals surface area (Å²) in [6.45, 7) is 0. The van der Waals surface area contributed by atoms with Crippen LogP contribution >= 0.6 is 11.8 Å². The van der Waals surface area contributed by atoms with Crippen molar-refractivity contribution in [1.29, 1.82) is 0 Å². The second-order valence-electron chi connectivity index (χ2n) is 3.08. The Morgan fingerprint density at radius 2 is 2.06 bits per heavy atom. The summed E-state index contributed by atoms with van der Waals surface area (Å²) in [7, 11) is -3.46. The average Bonchev–Trinajstić information content (AvgIpc) is 2.12. The van der Waals surface area contributed by atoms with E-state index < -0.39 is 15.8 Å². The minimum atomic E-state index is -3.46. The number of rotatable bonds is 4. The number of hydrogen-bond acceptors (Lipinski definition) is 5. The SMILES string of the molecule is CS(=O)(=O)c1ccc(SCC(=O)O)cc1O. The van der Waals surface area contributed by atoms with Gasteiger partial charge in [0.05, 0.1) is 5.75 Å². The molecule has 0 amide bonds. The first-order chi connectivity index (χ1) is 7.30. The predicted molar refractivity (Wildman–Crippen MR) is 59.6 cm³/mol. The maximum atomic E-state index is 11.2. The lowest BCUT2D eigenvalue weighted by Crippen LogP contribution is -1.99. The fourth-order valence-corrected chi connectivity index (χ4v) is 2.45. The Morgan fingerprint density at radius 3 is 2.50 bits per heavy atom. The number of aromatic hydroxyl groups is 1. The molecule has 1 aromatic carbocycles. The van der Waals surface area contributed by atoms with Crippen molar-refractivity contribution < 1.29 is 23.4 Å². The fraction of sp³-hybridized carbons (Fsp3) is 0.222. The van der Waals surface area contributed by atoms with Crippen LogP contribution in [0.4, 0.5) is 0 Å². The fourth-order valence-electron chi connectivity index (χ4n) is 1.05. The highest BCUT2D eigenvalue weighted by molar-refractivity contribution is 8.00. The molecule has 0 aliphatic carbocycles. The minimum Gasteiger partial charge on any atom is -0.507 e. The first-order valence-corrected chi connectivity index (χ1v) is 7.06. The van der Waals surface area contributed by atoms with E-state index in [0.29, 0.717) is 4.90 Å². The van der Waals surface area contributed by atoms with E-state index in [1.54, 1.807) is 0 Å². The molecule has 1 aromatic rings. The van der Waals surface area contributed by atoms with Crippen LogP contribution < -0.4 is 0 Å². The van der Waals surface area contributed by atoms with Gasteiger partial charge in [-0.2, -0.15) is 0 Å². The Labute approximate surface area is 97.0 Å². The van der Waals surface area contributed by atoms with E-state index in [-0.39, 0.29) is 16.4 Å². The summed E-state index contributed by atoms with van der Waals surface area (Å²) in [5.74, 6) is -1.48. The highest BCUT2D eigenvalue weighted by atomic mass is 32.2. The third-order valence-electron chi connectivity index (χ3n) is 1.69. The van der Waals surface area contributed by atoms with Crippen molar-refractivity contribution in [3.63, 3.8) is 0 Å². The Hall–Kier alpha value is -1.21. The predicted octanol–water partition coefficient (Wildman–Crippen LogP) is 0.972. The Kier molecular flexibility index (Phi) is 3.82. The molecule has 0 fully saturated rings. The third-order valence-corrected chi connectivity index (χ3v) is 3.81. The lowest BCUT2D eigenvalue weighted by atomic mass is 10.3. The molecule has 0 atom stereocenters. The largest absolute Gasteiger partial charge is 0.507 e. The van der Waals surface area contributed by atoms with E-state index in [0.717, 1.165) is 18.0 Å². The number of phenolic OH excluding ortho intramolecular Hbond substituents is 1. The monoisotopic (exact) mass is 262 g/mol. The van der Waals surface area contributed by atoms with Crippen LogP contribution in [0.3, 0.4) is 0 Å². The van der Waals surface area contributed by atoms with Crippen LogP contribution in [0.1, 0.15) is 0 Å². The van der Waals surface area contributed by atoms with Crippen molar-refractivity contribution in [3.05, 3.63) is 18.2 Å². The average molecular weight is 262 g/mol. The Morgan fingerprint density at radius 1 is 1.44 bits per heavy atom. The first kappa shape index (κ1) is 12.9. The zero-order valence-electron chi connectivity index (χ0n) is 8.37. The van der Waals surface area contributed by atoms with E-state index in [1.807, 2.05) is 0 Å². The second kappa shape index (κ2) is 4.75. The van der Waals surface area contributed by atoms with Gasteiger partial charge in [-0.05, 0) is 18.2 Å². The number of carboxylic acid groups (broad SMARTS) is 1. The molecule has 0 bridgehead atoms. The lowest BCUT2D eigenvalue weighted by molar-refractivity contribution is -0.133. The minimum absolute atomic E-state index is 0.141. The van der Waals surface area contributed by atoms with Crippen LogP contribution in [-0.4, -0.2) is 36.6 Å². The van der Waals surface area contributed by atoms with Crippen molar-refractivity contribution >= 4 is 27.6 Å². The van der Waals surface area contributed by atoms with Crippen LogP contribution in [0.25, 0.3) is 0 Å². The summed E-state index contributed by atoms with van der Waals surface area (Å²) in [5.41, 5.74) is 0. The molecule has 0 aliphatic rings. The van der Waals surface area contributed by atoms with Crippen molar-refractivity contribution in [2.75, 3.05) is 12.0 Å². The van der Waals surface area contributed by atoms with Gasteiger partial charge in [0.1, 0.15) is 10.6 Å². The van der Waals surface area contributed by atoms with Gasteiger partial charge in [-0.1, -0.05) is 0 Å². The molecule has 0 radical (unpaired) electrons. The zero-order valence-corrected chi connectivity index (χ0v) is 10.0. The molecule has 0 heterocycles. The molecule has 0 spiro atoms. The summed E-state index contributed by atoms with van der Waals surface area (Å²) in [4.78, 5) is 10.7. The molecule has 2 N–H and O–H groups in total. The number of sulfone groups is 1. The maximum Gasteiger partial charge on any atom is 0.313 e. The van der Waals surface area contributed by atoms with Gasteiger partial charge in [-0.25, -0.2) is 8.42 Å². The summed E-state index contributed by atoms with van der Waals surface area (Å²) >= 11 is 1.01. The molecular formula is C9H10O5S2. The van der Waals surface area contributed by atoms with Gasteiger partial charge in [0.2, 0.25) is 0 Å². The number of benzene rings is 1. The molecule has 0 aliphatic heterocycles. The normalized spacial score (nSPS) is 11.3. The number of phenols is 1. The van der Waals surface area contributed by atoms with Crippen molar-refractivity contribution in [1.82, 2.24) is 0 Å². The highest BCUT2D eigenvalue weighted by Gasteiger charge is 2.13. The lowest BCUT2D eigenvalue weighted by Gasteiger charge is -2.04. The summed E-state index contributed by atoms with van der Waals surface area (Å²) < 4.78 is 22.3. The van der Waals surface area contributed by atoms with Gasteiger partial charge in [-0.3, -0.25) is 4.79 Å². The molecule has 1 rings (SSSR count). The highest BCUT2D eigenvalue weighted by Crippen LogP contribution is 2.28. The Balaban J connectivity index is 2.96. The van der Waals surface area contributed by atoms with Crippen LogP contribution in [0, 0.1) is 0 Å². The smallest absolute Gasteiger partial charge is 0.313 e. The quantitative estimate of drug-likeness (QED) is 0.786. The van der Waals surface area contributed by atoms with E-state index in [2.05, 4.69) is 0 Å². The summed E-state index contributed by atoms with van der Waals surface area (Å²) in [5, 5.41) is 17.9. The van der Waals surface area contributed by atoms with Crippen LogP contribution in [0.15, 0.2) is 28.0 Å². The van der Waals surface area contributed by atoms with E-state index >= 15 is 0 Å². The molecule has 5 nitrogen and oxygen atoms in total. The first-order valence-electron chi connectivity index (χ1n) is 4.18. The summed E-state index contributed by atoms with van der Waals surface area (Å²) in [6.07, 6.45) is 0.992. The van der Waals surface area contributed by atoms with Gasteiger partial charge in [0, 0.05) is 11.2 Å². The molecule has 0 unspecified atom stereocenters. The van der Waals surface area contributed by atoms with Gasteiger partial charge >= 0.3 is 5.97 Å². The molecular weight excluding hydrogens is 252 g/mol. The molecule has 88 valence electrons. The number of thioether (sulfide) groups is 1. The van der Waals surface area contributed by atoms with E-state index in [1.165, 1.54) is 18.2 Å². The van der Waals surface area contributed by atoms with Crippen LogP contribution in [0.5, 0.6) is 5.75 Å².